The summed E-state index contributed by atoms with van der Waals surface area (Å²) in [4.78, 5) is 14.1. The maximum Gasteiger partial charge on any atom is 0.247 e. The maximum atomic E-state index is 13.9. The Labute approximate surface area is 156 Å². The Morgan fingerprint density at radius 3 is 2.78 bits per heavy atom. The molecule has 142 valence electrons. The van der Waals surface area contributed by atoms with Gasteiger partial charge in [0.25, 0.3) is 0 Å². The summed E-state index contributed by atoms with van der Waals surface area (Å²) in [5, 5.41) is 2.85. The van der Waals surface area contributed by atoms with E-state index in [2.05, 4.69) is 10.0 Å². The molecule has 0 bridgehead atoms. The SMILES string of the molecule is COc1ccc(S(=O)(=O)N[C@H]2C[C@@H]3C(=O)Nc4ccccc4N3C2)cc1F. The minimum absolute atomic E-state index is 0.0276. The van der Waals surface area contributed by atoms with E-state index in [9.17, 15) is 17.6 Å². The Morgan fingerprint density at radius 1 is 1.26 bits per heavy atom. The molecule has 2 atom stereocenters. The average molecular weight is 391 g/mol. The number of hydrogen-bond acceptors (Lipinski definition) is 5. The topological polar surface area (TPSA) is 87.7 Å². The van der Waals surface area contributed by atoms with Crippen LogP contribution in [0.25, 0.3) is 0 Å². The first-order valence-electron chi connectivity index (χ1n) is 8.41. The van der Waals surface area contributed by atoms with Crippen molar-refractivity contribution >= 4 is 27.3 Å². The van der Waals surface area contributed by atoms with E-state index in [4.69, 9.17) is 4.74 Å². The van der Waals surface area contributed by atoms with Crippen LogP contribution in [-0.2, 0) is 14.8 Å². The molecule has 2 heterocycles. The number of nitrogens with one attached hydrogen (secondary N) is 2. The van der Waals surface area contributed by atoms with Crippen molar-refractivity contribution in [3.63, 3.8) is 0 Å². The Hall–Kier alpha value is -2.65. The van der Waals surface area contributed by atoms with Gasteiger partial charge in [0.2, 0.25) is 15.9 Å². The van der Waals surface area contributed by atoms with Crippen LogP contribution in [0.3, 0.4) is 0 Å². The Kier molecular flexibility index (Phi) is 4.27. The Bertz CT molecular complexity index is 1010. The zero-order valence-corrected chi connectivity index (χ0v) is 15.3. The highest BCUT2D eigenvalue weighted by Gasteiger charge is 2.42. The molecule has 0 saturated carbocycles. The van der Waals surface area contributed by atoms with E-state index >= 15 is 0 Å². The molecule has 4 rings (SSSR count). The van der Waals surface area contributed by atoms with Crippen molar-refractivity contribution in [3.8, 4) is 5.75 Å². The van der Waals surface area contributed by atoms with Crippen LogP contribution in [-0.4, -0.2) is 40.1 Å². The average Bonchev–Trinajstić information content (AvgIpc) is 3.05. The number of rotatable bonds is 4. The lowest BCUT2D eigenvalue weighted by Gasteiger charge is -2.32. The first-order chi connectivity index (χ1) is 12.9. The largest absolute Gasteiger partial charge is 0.494 e. The molecule has 0 aliphatic carbocycles. The van der Waals surface area contributed by atoms with Crippen molar-refractivity contribution in [3.05, 3.63) is 48.3 Å². The third-order valence-corrected chi connectivity index (χ3v) is 6.35. The van der Waals surface area contributed by atoms with Gasteiger partial charge in [-0.2, -0.15) is 0 Å². The molecule has 9 heteroatoms. The van der Waals surface area contributed by atoms with Crippen molar-refractivity contribution in [1.29, 1.82) is 0 Å². The third kappa shape index (κ3) is 3.13. The van der Waals surface area contributed by atoms with E-state index in [1.54, 1.807) is 6.07 Å². The summed E-state index contributed by atoms with van der Waals surface area (Å²) in [6.07, 6.45) is 0.331. The van der Waals surface area contributed by atoms with E-state index in [1.165, 1.54) is 19.2 Å². The number of carbonyl (C=O) groups is 1. The van der Waals surface area contributed by atoms with Gasteiger partial charge in [-0.15, -0.1) is 0 Å². The van der Waals surface area contributed by atoms with Gasteiger partial charge in [0.05, 0.1) is 23.4 Å². The summed E-state index contributed by atoms with van der Waals surface area (Å²) in [7, 11) is -2.62. The molecule has 0 radical (unpaired) electrons. The maximum absolute atomic E-state index is 13.9. The fourth-order valence-corrected chi connectivity index (χ4v) is 4.84. The molecule has 0 spiro atoms. The number of para-hydroxylation sites is 2. The van der Waals surface area contributed by atoms with Crippen molar-refractivity contribution in [2.24, 2.45) is 0 Å². The normalized spacial score (nSPS) is 21.4. The molecule has 0 unspecified atom stereocenters. The van der Waals surface area contributed by atoms with Crippen LogP contribution in [0.1, 0.15) is 6.42 Å². The molecule has 0 aromatic heterocycles. The highest BCUT2D eigenvalue weighted by molar-refractivity contribution is 7.89. The van der Waals surface area contributed by atoms with E-state index in [0.717, 1.165) is 11.8 Å². The van der Waals surface area contributed by atoms with Gasteiger partial charge in [0.1, 0.15) is 6.04 Å². The van der Waals surface area contributed by atoms with Crippen molar-refractivity contribution < 1.29 is 22.3 Å². The van der Waals surface area contributed by atoms with E-state index < -0.39 is 27.9 Å². The third-order valence-electron chi connectivity index (χ3n) is 4.83. The second-order valence-electron chi connectivity index (χ2n) is 6.52. The summed E-state index contributed by atoms with van der Waals surface area (Å²) in [5.41, 5.74) is 1.57. The lowest BCUT2D eigenvalue weighted by atomic mass is 10.1. The van der Waals surface area contributed by atoms with Crippen LogP contribution in [0.15, 0.2) is 47.4 Å². The molecular formula is C18H18FN3O4S. The molecule has 27 heavy (non-hydrogen) atoms. The molecule has 2 aromatic carbocycles. The Morgan fingerprint density at radius 2 is 2.04 bits per heavy atom. The molecule has 7 nitrogen and oxygen atoms in total. The fraction of sp³-hybridized carbons (Fsp3) is 0.278. The predicted molar refractivity (Wildman–Crippen MR) is 97.9 cm³/mol. The first kappa shape index (κ1) is 17.7. The summed E-state index contributed by atoms with van der Waals surface area (Å²) < 4.78 is 46.5. The highest BCUT2D eigenvalue weighted by atomic mass is 32.2. The van der Waals surface area contributed by atoms with E-state index in [-0.39, 0.29) is 16.6 Å². The molecule has 2 aromatic rings. The van der Waals surface area contributed by atoms with Crippen molar-refractivity contribution in [2.75, 3.05) is 23.9 Å². The van der Waals surface area contributed by atoms with Gasteiger partial charge in [-0.25, -0.2) is 17.5 Å². The fourth-order valence-electron chi connectivity index (χ4n) is 3.58. The van der Waals surface area contributed by atoms with Crippen molar-refractivity contribution in [1.82, 2.24) is 4.72 Å². The molecule has 2 aliphatic rings. The van der Waals surface area contributed by atoms with Crippen LogP contribution in [0.2, 0.25) is 0 Å². The number of fused-ring (bicyclic) bond motifs is 3. The quantitative estimate of drug-likeness (QED) is 0.829. The first-order valence-corrected chi connectivity index (χ1v) is 9.90. The lowest BCUT2D eigenvalue weighted by Crippen LogP contribution is -2.44. The van der Waals surface area contributed by atoms with Gasteiger partial charge < -0.3 is 15.0 Å². The van der Waals surface area contributed by atoms with Gasteiger partial charge in [-0.1, -0.05) is 12.1 Å². The number of methoxy groups -OCH3 is 1. The number of ether oxygens (including phenoxy) is 1. The number of nitrogens with zero attached hydrogens (tertiary/aromatic N) is 1. The lowest BCUT2D eigenvalue weighted by molar-refractivity contribution is -0.117. The summed E-state index contributed by atoms with van der Waals surface area (Å²) in [6.45, 7) is 0.354. The monoisotopic (exact) mass is 391 g/mol. The minimum atomic E-state index is -3.93. The van der Waals surface area contributed by atoms with Gasteiger partial charge in [0, 0.05) is 12.6 Å². The Balaban J connectivity index is 1.56. The number of carbonyl (C=O) groups excluding carboxylic acids is 1. The zero-order chi connectivity index (χ0) is 19.2. The van der Waals surface area contributed by atoms with Crippen LogP contribution in [0.4, 0.5) is 15.8 Å². The number of anilines is 2. The molecule has 2 aliphatic heterocycles. The van der Waals surface area contributed by atoms with Crippen LogP contribution >= 0.6 is 0 Å². The van der Waals surface area contributed by atoms with Gasteiger partial charge >= 0.3 is 0 Å². The second kappa shape index (κ2) is 6.50. The number of halogens is 1. The van der Waals surface area contributed by atoms with Crippen molar-refractivity contribution in [2.45, 2.75) is 23.4 Å². The minimum Gasteiger partial charge on any atom is -0.494 e. The number of benzene rings is 2. The number of sulfonamides is 1. The van der Waals surface area contributed by atoms with Crippen LogP contribution in [0.5, 0.6) is 5.75 Å². The van der Waals surface area contributed by atoms with Gasteiger partial charge in [0.15, 0.2) is 11.6 Å². The summed E-state index contributed by atoms with van der Waals surface area (Å²) in [6, 6.07) is 9.95. The number of amides is 1. The zero-order valence-electron chi connectivity index (χ0n) is 14.5. The smallest absolute Gasteiger partial charge is 0.247 e. The second-order valence-corrected chi connectivity index (χ2v) is 8.24. The molecule has 2 N–H and O–H groups in total. The van der Waals surface area contributed by atoms with Crippen LogP contribution < -0.4 is 19.7 Å². The summed E-state index contributed by atoms with van der Waals surface area (Å²) in [5.74, 6) is -0.941. The summed E-state index contributed by atoms with van der Waals surface area (Å²) >= 11 is 0. The van der Waals surface area contributed by atoms with Gasteiger partial charge in [-0.05, 0) is 36.8 Å². The van der Waals surface area contributed by atoms with Crippen LogP contribution in [0, 0.1) is 5.82 Å². The standard InChI is InChI=1S/C18H18FN3O4S/c1-26-17-7-6-12(9-13(17)19)27(24,25)21-11-8-16-18(23)20-14-4-2-3-5-15(14)22(16)10-11/h2-7,9,11,16,21H,8,10H2,1H3,(H,20,23)/t11-,16+/m0/s1. The highest BCUT2D eigenvalue weighted by Crippen LogP contribution is 2.36. The van der Waals surface area contributed by atoms with E-state index in [0.29, 0.717) is 18.7 Å². The van der Waals surface area contributed by atoms with E-state index in [1.807, 2.05) is 23.1 Å². The molecule has 1 saturated heterocycles. The predicted octanol–water partition coefficient (Wildman–Crippen LogP) is 1.71. The number of hydrogen-bond donors (Lipinski definition) is 2. The molecule has 1 amide bonds. The molecular weight excluding hydrogens is 373 g/mol. The van der Waals surface area contributed by atoms with Gasteiger partial charge in [-0.3, -0.25) is 4.79 Å². The molecule has 1 fully saturated rings.